The van der Waals surface area contributed by atoms with Crippen LogP contribution in [0.4, 0.5) is 0 Å². The maximum Gasteiger partial charge on any atom is 0.124 e. The fourth-order valence-corrected chi connectivity index (χ4v) is 1.41. The van der Waals surface area contributed by atoms with Gasteiger partial charge in [0.1, 0.15) is 11.5 Å². The van der Waals surface area contributed by atoms with Crippen molar-refractivity contribution >= 4 is 12.6 Å². The molecule has 1 N–H and O–H groups in total. The molecule has 3 nitrogen and oxygen atoms in total. The van der Waals surface area contributed by atoms with Gasteiger partial charge in [0, 0.05) is 5.56 Å². The van der Waals surface area contributed by atoms with Crippen molar-refractivity contribution < 1.29 is 9.47 Å². The lowest BCUT2D eigenvalue weighted by atomic mass is 10.2. The van der Waals surface area contributed by atoms with Gasteiger partial charge in [-0.25, -0.2) is 0 Å². The van der Waals surface area contributed by atoms with Crippen molar-refractivity contribution in [3.63, 3.8) is 0 Å². The molecule has 0 bridgehead atoms. The Morgan fingerprint density at radius 3 is 2.50 bits per heavy atom. The zero-order chi connectivity index (χ0) is 10.6. The molecule has 0 aliphatic heterocycles. The molecular weight excluding hydrogens is 198 g/mol. The van der Waals surface area contributed by atoms with Crippen LogP contribution < -0.4 is 14.8 Å². The molecule has 1 aromatic carbocycles. The Labute approximate surface area is 89.8 Å². The summed E-state index contributed by atoms with van der Waals surface area (Å²) in [5.74, 6) is 1.61. The average Bonchev–Trinajstić information content (AvgIpc) is 2.27. The number of nitrogens with one attached hydrogen (secondary N) is 1. The molecule has 0 amide bonds. The van der Waals surface area contributed by atoms with Gasteiger partial charge in [0.15, 0.2) is 0 Å². The fraction of sp³-hybridized carbons (Fsp3) is 0.400. The van der Waals surface area contributed by atoms with Crippen molar-refractivity contribution in [3.8, 4) is 11.5 Å². The number of benzene rings is 1. The zero-order valence-electron chi connectivity index (χ0n) is 8.57. The first-order valence-corrected chi connectivity index (χ1v) is 4.81. The standard InChI is InChI=1S/C10H15NO2S/c1-11-10(14)8-6-7(12-2)4-5-9(8)13-3/h4-6,10-11,14H,1-3H3. The highest BCUT2D eigenvalue weighted by Crippen LogP contribution is 2.30. The summed E-state index contributed by atoms with van der Waals surface area (Å²) < 4.78 is 10.4. The highest BCUT2D eigenvalue weighted by Gasteiger charge is 2.11. The van der Waals surface area contributed by atoms with Crippen LogP contribution in [0.5, 0.6) is 11.5 Å². The van der Waals surface area contributed by atoms with Crippen LogP contribution in [0, 0.1) is 0 Å². The molecule has 0 spiro atoms. The normalized spacial score (nSPS) is 12.3. The summed E-state index contributed by atoms with van der Waals surface area (Å²) in [7, 11) is 5.12. The third-order valence-electron chi connectivity index (χ3n) is 2.00. The van der Waals surface area contributed by atoms with E-state index in [-0.39, 0.29) is 5.37 Å². The minimum absolute atomic E-state index is 0.0555. The number of hydrogen-bond acceptors (Lipinski definition) is 4. The van der Waals surface area contributed by atoms with Gasteiger partial charge in [0.05, 0.1) is 19.6 Å². The van der Waals surface area contributed by atoms with E-state index in [2.05, 4.69) is 17.9 Å². The monoisotopic (exact) mass is 213 g/mol. The first-order chi connectivity index (χ1) is 6.72. The molecular formula is C10H15NO2S. The second-order valence-electron chi connectivity index (χ2n) is 2.80. The zero-order valence-corrected chi connectivity index (χ0v) is 9.47. The smallest absolute Gasteiger partial charge is 0.124 e. The van der Waals surface area contributed by atoms with E-state index in [9.17, 15) is 0 Å². The van der Waals surface area contributed by atoms with Crippen LogP contribution in [0.1, 0.15) is 10.9 Å². The predicted octanol–water partition coefficient (Wildman–Crippen LogP) is 1.85. The Balaban J connectivity index is 3.08. The summed E-state index contributed by atoms with van der Waals surface area (Å²) in [4.78, 5) is 0. The van der Waals surface area contributed by atoms with Gasteiger partial charge >= 0.3 is 0 Å². The van der Waals surface area contributed by atoms with Crippen LogP contribution in [0.15, 0.2) is 18.2 Å². The highest BCUT2D eigenvalue weighted by atomic mass is 32.1. The minimum atomic E-state index is -0.0555. The van der Waals surface area contributed by atoms with E-state index in [1.165, 1.54) is 0 Å². The van der Waals surface area contributed by atoms with Crippen molar-refractivity contribution in [3.05, 3.63) is 23.8 Å². The third-order valence-corrected chi connectivity index (χ3v) is 2.54. The molecule has 1 rings (SSSR count). The summed E-state index contributed by atoms with van der Waals surface area (Å²) in [5.41, 5.74) is 0.970. The SMILES string of the molecule is CNC(S)c1cc(OC)ccc1OC. The molecule has 0 aromatic heterocycles. The summed E-state index contributed by atoms with van der Waals surface area (Å²) in [5, 5.41) is 2.98. The largest absolute Gasteiger partial charge is 0.497 e. The Kier molecular flexibility index (Phi) is 4.10. The molecule has 0 aliphatic rings. The van der Waals surface area contributed by atoms with Crippen molar-refractivity contribution in [2.75, 3.05) is 21.3 Å². The van der Waals surface area contributed by atoms with Gasteiger partial charge < -0.3 is 14.8 Å². The van der Waals surface area contributed by atoms with Crippen LogP contribution in [-0.2, 0) is 0 Å². The summed E-state index contributed by atoms with van der Waals surface area (Å²) in [6, 6.07) is 5.64. The summed E-state index contributed by atoms with van der Waals surface area (Å²) in [6.07, 6.45) is 0. The van der Waals surface area contributed by atoms with Crippen LogP contribution in [0.2, 0.25) is 0 Å². The molecule has 0 saturated carbocycles. The second kappa shape index (κ2) is 5.12. The molecule has 4 heteroatoms. The minimum Gasteiger partial charge on any atom is -0.497 e. The first kappa shape index (κ1) is 11.2. The molecule has 1 atom stereocenters. The van der Waals surface area contributed by atoms with Gasteiger partial charge in [-0.2, -0.15) is 12.6 Å². The number of rotatable bonds is 4. The quantitative estimate of drug-likeness (QED) is 0.591. The van der Waals surface area contributed by atoms with Crippen molar-refractivity contribution in [2.45, 2.75) is 5.37 Å². The molecule has 0 saturated heterocycles. The molecule has 78 valence electrons. The van der Waals surface area contributed by atoms with Crippen LogP contribution in [0.25, 0.3) is 0 Å². The molecule has 0 fully saturated rings. The summed E-state index contributed by atoms with van der Waals surface area (Å²) >= 11 is 4.38. The molecule has 1 unspecified atom stereocenters. The van der Waals surface area contributed by atoms with E-state index < -0.39 is 0 Å². The average molecular weight is 213 g/mol. The van der Waals surface area contributed by atoms with E-state index >= 15 is 0 Å². The van der Waals surface area contributed by atoms with Crippen LogP contribution >= 0.6 is 12.6 Å². The van der Waals surface area contributed by atoms with E-state index in [4.69, 9.17) is 9.47 Å². The van der Waals surface area contributed by atoms with Crippen LogP contribution in [0.3, 0.4) is 0 Å². The fourth-order valence-electron chi connectivity index (χ4n) is 1.21. The van der Waals surface area contributed by atoms with Gasteiger partial charge in [-0.1, -0.05) is 0 Å². The molecule has 0 aliphatic carbocycles. The van der Waals surface area contributed by atoms with E-state index in [1.807, 2.05) is 25.2 Å². The Morgan fingerprint density at radius 2 is 2.00 bits per heavy atom. The van der Waals surface area contributed by atoms with Crippen LogP contribution in [-0.4, -0.2) is 21.3 Å². The van der Waals surface area contributed by atoms with Crippen molar-refractivity contribution in [2.24, 2.45) is 0 Å². The Bertz CT molecular complexity index is 304. The number of thiol groups is 1. The highest BCUT2D eigenvalue weighted by molar-refractivity contribution is 7.80. The number of hydrogen-bond donors (Lipinski definition) is 2. The third kappa shape index (κ3) is 2.33. The first-order valence-electron chi connectivity index (χ1n) is 4.30. The summed E-state index contributed by atoms with van der Waals surface area (Å²) in [6.45, 7) is 0. The van der Waals surface area contributed by atoms with E-state index in [0.29, 0.717) is 0 Å². The van der Waals surface area contributed by atoms with Gasteiger partial charge in [-0.15, -0.1) is 0 Å². The second-order valence-corrected chi connectivity index (χ2v) is 3.32. The Hall–Kier alpha value is -0.870. The number of methoxy groups -OCH3 is 2. The molecule has 0 radical (unpaired) electrons. The maximum absolute atomic E-state index is 5.22. The van der Waals surface area contributed by atoms with Gasteiger partial charge in [0.2, 0.25) is 0 Å². The lowest BCUT2D eigenvalue weighted by Crippen LogP contribution is -2.11. The van der Waals surface area contributed by atoms with E-state index in [1.54, 1.807) is 14.2 Å². The lowest BCUT2D eigenvalue weighted by Gasteiger charge is -2.15. The molecule has 1 aromatic rings. The number of ether oxygens (including phenoxy) is 2. The topological polar surface area (TPSA) is 30.5 Å². The van der Waals surface area contributed by atoms with Crippen molar-refractivity contribution in [1.29, 1.82) is 0 Å². The van der Waals surface area contributed by atoms with Gasteiger partial charge in [-0.05, 0) is 25.2 Å². The Morgan fingerprint density at radius 1 is 1.29 bits per heavy atom. The lowest BCUT2D eigenvalue weighted by molar-refractivity contribution is 0.397. The molecule has 14 heavy (non-hydrogen) atoms. The molecule has 0 heterocycles. The predicted molar refractivity (Wildman–Crippen MR) is 60.3 cm³/mol. The van der Waals surface area contributed by atoms with Gasteiger partial charge in [0.25, 0.3) is 0 Å². The van der Waals surface area contributed by atoms with Gasteiger partial charge in [-0.3, -0.25) is 0 Å². The van der Waals surface area contributed by atoms with E-state index in [0.717, 1.165) is 17.1 Å². The maximum atomic E-state index is 5.22. The van der Waals surface area contributed by atoms with Crippen molar-refractivity contribution in [1.82, 2.24) is 5.32 Å².